The van der Waals surface area contributed by atoms with Gasteiger partial charge < -0.3 is 9.64 Å². The Morgan fingerprint density at radius 3 is 2.33 bits per heavy atom. The van der Waals surface area contributed by atoms with Crippen molar-refractivity contribution < 1.29 is 13.2 Å². The number of benzene rings is 2. The van der Waals surface area contributed by atoms with Gasteiger partial charge in [0.15, 0.2) is 0 Å². The second-order valence-corrected chi connectivity index (χ2v) is 12.1. The molecule has 0 amide bonds. The van der Waals surface area contributed by atoms with E-state index in [1.165, 1.54) is 8.99 Å². The van der Waals surface area contributed by atoms with Crippen LogP contribution < -0.4 is 15.2 Å². The predicted molar refractivity (Wildman–Crippen MR) is 143 cm³/mol. The molecule has 1 atom stereocenters. The van der Waals surface area contributed by atoms with Crippen molar-refractivity contribution in [2.45, 2.75) is 38.5 Å². The van der Waals surface area contributed by atoms with Gasteiger partial charge in [-0.2, -0.15) is 14.1 Å². The monoisotopic (exact) mass is 530 g/mol. The lowest BCUT2D eigenvalue weighted by molar-refractivity contribution is 0.217. The van der Waals surface area contributed by atoms with Crippen LogP contribution in [0, 0.1) is 0 Å². The zero-order chi connectivity index (χ0) is 25.9. The first kappa shape index (κ1) is 26.2. The molecule has 0 aliphatic carbocycles. The van der Waals surface area contributed by atoms with Gasteiger partial charge >= 0.3 is 5.56 Å². The summed E-state index contributed by atoms with van der Waals surface area (Å²) in [7, 11) is -3.34. The minimum absolute atomic E-state index is 0.188. The molecule has 8 nitrogen and oxygen atoms in total. The van der Waals surface area contributed by atoms with Crippen LogP contribution in [0.2, 0.25) is 5.02 Å². The van der Waals surface area contributed by atoms with E-state index in [0.29, 0.717) is 49.0 Å². The number of ether oxygens (including phenoxy) is 1. The molecule has 0 bridgehead atoms. The average Bonchev–Trinajstić information content (AvgIpc) is 2.86. The number of anilines is 1. The normalized spacial score (nSPS) is 15.8. The van der Waals surface area contributed by atoms with E-state index >= 15 is 0 Å². The third-order valence-electron chi connectivity index (χ3n) is 6.19. The summed E-state index contributed by atoms with van der Waals surface area (Å²) in [5, 5.41) is 4.42. The Labute approximate surface area is 217 Å². The van der Waals surface area contributed by atoms with E-state index < -0.39 is 20.8 Å². The van der Waals surface area contributed by atoms with Crippen LogP contribution in [-0.2, 0) is 16.4 Å². The Hall–Kier alpha value is -2.88. The molecule has 2 heterocycles. The van der Waals surface area contributed by atoms with Crippen LogP contribution in [-0.4, -0.2) is 60.0 Å². The molecular formula is C26H31ClN4O4S. The lowest BCUT2D eigenvalue weighted by atomic mass is 10.1. The lowest BCUT2D eigenvalue weighted by Crippen LogP contribution is -2.50. The highest BCUT2D eigenvalue weighted by Gasteiger charge is 2.31. The highest BCUT2D eigenvalue weighted by Crippen LogP contribution is 2.28. The molecule has 4 rings (SSSR count). The van der Waals surface area contributed by atoms with Gasteiger partial charge in [0, 0.05) is 37.6 Å². The molecule has 1 saturated heterocycles. The summed E-state index contributed by atoms with van der Waals surface area (Å²) in [6.07, 6.45) is 1.95. The van der Waals surface area contributed by atoms with Crippen molar-refractivity contribution in [1.29, 1.82) is 0 Å². The van der Waals surface area contributed by atoms with Gasteiger partial charge in [-0.1, -0.05) is 48.0 Å². The van der Waals surface area contributed by atoms with Gasteiger partial charge in [0.05, 0.1) is 17.1 Å². The van der Waals surface area contributed by atoms with Gasteiger partial charge in [0.1, 0.15) is 11.8 Å². The molecule has 3 aromatic rings. The fourth-order valence-electron chi connectivity index (χ4n) is 4.23. The van der Waals surface area contributed by atoms with Crippen LogP contribution in [0.4, 0.5) is 5.69 Å². The quantitative estimate of drug-likeness (QED) is 0.441. The van der Waals surface area contributed by atoms with Crippen molar-refractivity contribution in [3.8, 4) is 11.4 Å². The minimum atomic E-state index is -3.34. The van der Waals surface area contributed by atoms with Gasteiger partial charge in [-0.25, -0.2) is 8.42 Å². The van der Waals surface area contributed by atoms with E-state index in [9.17, 15) is 13.2 Å². The fraction of sp³-hybridized carbons (Fsp3) is 0.385. The second kappa shape index (κ2) is 11.0. The number of nitrogens with zero attached hydrogens (tertiary/aromatic N) is 4. The SMILES string of the molecule is CC(Cc1ccccc1)Oc1c(N2CCN(S(=O)(=O)C(C)C)CC2)cnn(-c2cccc(Cl)c2)c1=O. The van der Waals surface area contributed by atoms with E-state index in [0.717, 1.165) is 5.56 Å². The molecule has 1 aliphatic heterocycles. The smallest absolute Gasteiger partial charge is 0.316 e. The minimum Gasteiger partial charge on any atom is -0.483 e. The summed E-state index contributed by atoms with van der Waals surface area (Å²) < 4.78 is 34.3. The van der Waals surface area contributed by atoms with Gasteiger partial charge in [-0.3, -0.25) is 4.79 Å². The van der Waals surface area contributed by atoms with E-state index in [1.807, 2.05) is 42.2 Å². The van der Waals surface area contributed by atoms with Crippen molar-refractivity contribution >= 4 is 27.3 Å². The maximum atomic E-state index is 13.6. The molecule has 1 aliphatic rings. The largest absolute Gasteiger partial charge is 0.483 e. The number of rotatable bonds is 8. The summed E-state index contributed by atoms with van der Waals surface area (Å²) in [6, 6.07) is 16.8. The highest BCUT2D eigenvalue weighted by atomic mass is 35.5. The maximum absolute atomic E-state index is 13.6. The van der Waals surface area contributed by atoms with Crippen LogP contribution >= 0.6 is 11.6 Å². The second-order valence-electron chi connectivity index (χ2n) is 9.15. The van der Waals surface area contributed by atoms with Crippen molar-refractivity contribution in [2.75, 3.05) is 31.1 Å². The zero-order valence-electron chi connectivity index (χ0n) is 20.7. The molecule has 1 unspecified atom stereocenters. The van der Waals surface area contributed by atoms with Crippen LogP contribution in [0.3, 0.4) is 0 Å². The van der Waals surface area contributed by atoms with Gasteiger partial charge in [-0.15, -0.1) is 0 Å². The first-order chi connectivity index (χ1) is 17.2. The highest BCUT2D eigenvalue weighted by molar-refractivity contribution is 7.89. The molecule has 36 heavy (non-hydrogen) atoms. The third kappa shape index (κ3) is 5.74. The van der Waals surface area contributed by atoms with Gasteiger partial charge in [-0.05, 0) is 44.5 Å². The number of sulfonamides is 1. The molecular weight excluding hydrogens is 500 g/mol. The standard InChI is InChI=1S/C26H31ClN4O4S/c1-19(2)36(33,34)30-14-12-29(13-15-30)24-18-28-31(23-11-7-10-22(27)17-23)26(32)25(24)35-20(3)16-21-8-5-4-6-9-21/h4-11,17-20H,12-16H2,1-3H3. The Bertz CT molecular complexity index is 1350. The molecule has 192 valence electrons. The van der Waals surface area contributed by atoms with Gasteiger partial charge in [0.2, 0.25) is 15.8 Å². The number of piperazine rings is 1. The molecule has 0 N–H and O–H groups in total. The summed E-state index contributed by atoms with van der Waals surface area (Å²) >= 11 is 6.15. The average molecular weight is 531 g/mol. The first-order valence-corrected chi connectivity index (χ1v) is 13.9. The Balaban J connectivity index is 1.66. The van der Waals surface area contributed by atoms with Crippen LogP contribution in [0.25, 0.3) is 5.69 Å². The molecule has 0 radical (unpaired) electrons. The maximum Gasteiger partial charge on any atom is 0.316 e. The molecule has 1 fully saturated rings. The van der Waals surface area contributed by atoms with E-state index in [2.05, 4.69) is 5.10 Å². The summed E-state index contributed by atoms with van der Waals surface area (Å²) in [6.45, 7) is 6.80. The zero-order valence-corrected chi connectivity index (χ0v) is 22.2. The van der Waals surface area contributed by atoms with E-state index in [4.69, 9.17) is 16.3 Å². The molecule has 2 aromatic carbocycles. The molecule has 0 spiro atoms. The predicted octanol–water partition coefficient (Wildman–Crippen LogP) is 3.76. The molecule has 10 heteroatoms. The van der Waals surface area contributed by atoms with Crippen molar-refractivity contribution in [1.82, 2.24) is 14.1 Å². The number of hydrogen-bond acceptors (Lipinski definition) is 6. The summed E-state index contributed by atoms with van der Waals surface area (Å²) in [5.74, 6) is 0.188. The number of hydrogen-bond donors (Lipinski definition) is 0. The Morgan fingerprint density at radius 2 is 1.69 bits per heavy atom. The van der Waals surface area contributed by atoms with E-state index in [1.54, 1.807) is 44.3 Å². The summed E-state index contributed by atoms with van der Waals surface area (Å²) in [5.41, 5.74) is 1.79. The first-order valence-electron chi connectivity index (χ1n) is 12.0. The Morgan fingerprint density at radius 1 is 1.00 bits per heavy atom. The topological polar surface area (TPSA) is 84.7 Å². The van der Waals surface area contributed by atoms with Crippen molar-refractivity contribution in [3.63, 3.8) is 0 Å². The van der Waals surface area contributed by atoms with Crippen LogP contribution in [0.15, 0.2) is 65.6 Å². The van der Waals surface area contributed by atoms with Gasteiger partial charge in [0.25, 0.3) is 0 Å². The fourth-order valence-corrected chi connectivity index (χ4v) is 5.68. The third-order valence-corrected chi connectivity index (χ3v) is 8.70. The number of halogens is 1. The number of aromatic nitrogens is 2. The van der Waals surface area contributed by atoms with Crippen LogP contribution in [0.1, 0.15) is 26.3 Å². The lowest BCUT2D eigenvalue weighted by Gasteiger charge is -2.36. The van der Waals surface area contributed by atoms with Crippen LogP contribution in [0.5, 0.6) is 5.75 Å². The van der Waals surface area contributed by atoms with Crippen molar-refractivity contribution in [3.05, 3.63) is 81.7 Å². The van der Waals surface area contributed by atoms with E-state index in [-0.39, 0.29) is 11.9 Å². The molecule has 1 aromatic heterocycles. The summed E-state index contributed by atoms with van der Waals surface area (Å²) in [4.78, 5) is 15.6. The Kier molecular flexibility index (Phi) is 8.02. The van der Waals surface area contributed by atoms with Crippen molar-refractivity contribution in [2.24, 2.45) is 0 Å². The molecule has 0 saturated carbocycles.